The second kappa shape index (κ2) is 5.04. The van der Waals surface area contributed by atoms with Crippen molar-refractivity contribution in [3.05, 3.63) is 38.9 Å². The standard InChI is InChI=1S/C9H10ClFN2O2/c10-7-5-6(8(11)3-4-12)1-2-9(7)13(14)15/h1-2,5,8H,3-4,12H2. The highest BCUT2D eigenvalue weighted by Crippen LogP contribution is 2.29. The Labute approximate surface area is 91.0 Å². The molecule has 1 unspecified atom stereocenters. The predicted octanol–water partition coefficient (Wildman–Crippen LogP) is 2.61. The number of halogens is 2. The van der Waals surface area contributed by atoms with Crippen LogP contribution in [0, 0.1) is 10.1 Å². The summed E-state index contributed by atoms with van der Waals surface area (Å²) < 4.78 is 13.3. The number of hydrogen-bond acceptors (Lipinski definition) is 3. The quantitative estimate of drug-likeness (QED) is 0.641. The Hall–Kier alpha value is -1.20. The molecule has 1 atom stereocenters. The second-order valence-electron chi connectivity index (χ2n) is 3.01. The van der Waals surface area contributed by atoms with Crippen LogP contribution in [0.25, 0.3) is 0 Å². The first-order valence-corrected chi connectivity index (χ1v) is 4.72. The summed E-state index contributed by atoms with van der Waals surface area (Å²) in [6, 6.07) is 3.81. The molecule has 0 heterocycles. The molecule has 1 aromatic carbocycles. The van der Waals surface area contributed by atoms with E-state index in [0.29, 0.717) is 5.56 Å². The molecule has 0 aromatic heterocycles. The van der Waals surface area contributed by atoms with E-state index in [1.54, 1.807) is 0 Å². The van der Waals surface area contributed by atoms with Crippen LogP contribution < -0.4 is 5.73 Å². The lowest BCUT2D eigenvalue weighted by Gasteiger charge is -2.07. The van der Waals surface area contributed by atoms with Gasteiger partial charge in [0.05, 0.1) is 4.92 Å². The number of nitro benzene ring substituents is 1. The monoisotopic (exact) mass is 232 g/mol. The molecular weight excluding hydrogens is 223 g/mol. The lowest BCUT2D eigenvalue weighted by Crippen LogP contribution is -2.03. The van der Waals surface area contributed by atoms with Crippen LogP contribution in [-0.2, 0) is 0 Å². The van der Waals surface area contributed by atoms with E-state index in [9.17, 15) is 14.5 Å². The molecule has 0 spiro atoms. The van der Waals surface area contributed by atoms with Crippen molar-refractivity contribution >= 4 is 17.3 Å². The third-order valence-electron chi connectivity index (χ3n) is 1.95. The number of benzene rings is 1. The van der Waals surface area contributed by atoms with E-state index in [4.69, 9.17) is 17.3 Å². The smallest absolute Gasteiger partial charge is 0.287 e. The number of rotatable bonds is 4. The molecule has 0 fully saturated rings. The first-order valence-electron chi connectivity index (χ1n) is 4.34. The Kier molecular flexibility index (Phi) is 3.99. The lowest BCUT2D eigenvalue weighted by atomic mass is 10.1. The maximum atomic E-state index is 13.3. The molecule has 0 bridgehead atoms. The summed E-state index contributed by atoms with van der Waals surface area (Å²) in [6.45, 7) is 0.218. The molecule has 1 aromatic rings. The molecule has 15 heavy (non-hydrogen) atoms. The number of nitrogens with two attached hydrogens (primary N) is 1. The van der Waals surface area contributed by atoms with Crippen molar-refractivity contribution in [2.75, 3.05) is 6.54 Å². The van der Waals surface area contributed by atoms with Crippen LogP contribution in [0.15, 0.2) is 18.2 Å². The van der Waals surface area contributed by atoms with Gasteiger partial charge in [0.1, 0.15) is 11.2 Å². The third kappa shape index (κ3) is 2.87. The van der Waals surface area contributed by atoms with Gasteiger partial charge in [-0.2, -0.15) is 0 Å². The largest absolute Gasteiger partial charge is 0.330 e. The summed E-state index contributed by atoms with van der Waals surface area (Å²) in [4.78, 5) is 9.83. The van der Waals surface area contributed by atoms with Gasteiger partial charge in [-0.15, -0.1) is 0 Å². The summed E-state index contributed by atoms with van der Waals surface area (Å²) in [6.07, 6.45) is -1.05. The van der Waals surface area contributed by atoms with E-state index < -0.39 is 11.1 Å². The zero-order chi connectivity index (χ0) is 11.4. The van der Waals surface area contributed by atoms with E-state index >= 15 is 0 Å². The molecule has 0 saturated heterocycles. The van der Waals surface area contributed by atoms with Crippen molar-refractivity contribution < 1.29 is 9.31 Å². The normalized spacial score (nSPS) is 12.5. The minimum absolute atomic E-state index is 0.0582. The Morgan fingerprint density at radius 2 is 2.27 bits per heavy atom. The van der Waals surface area contributed by atoms with Gasteiger partial charge in [0.15, 0.2) is 0 Å². The molecule has 6 heteroatoms. The van der Waals surface area contributed by atoms with Crippen molar-refractivity contribution in [3.63, 3.8) is 0 Å². The number of hydrogen-bond donors (Lipinski definition) is 1. The molecule has 0 radical (unpaired) electrons. The number of nitro groups is 1. The van der Waals surface area contributed by atoms with Gasteiger partial charge in [-0.05, 0) is 30.7 Å². The van der Waals surface area contributed by atoms with E-state index in [1.807, 2.05) is 0 Å². The van der Waals surface area contributed by atoms with Crippen LogP contribution in [-0.4, -0.2) is 11.5 Å². The maximum Gasteiger partial charge on any atom is 0.287 e. The highest BCUT2D eigenvalue weighted by atomic mass is 35.5. The van der Waals surface area contributed by atoms with E-state index in [1.165, 1.54) is 18.2 Å². The van der Waals surface area contributed by atoms with Gasteiger partial charge >= 0.3 is 0 Å². The molecule has 82 valence electrons. The Bertz CT molecular complexity index is 373. The van der Waals surface area contributed by atoms with Crippen molar-refractivity contribution in [3.8, 4) is 0 Å². The SMILES string of the molecule is NCCC(F)c1ccc([N+](=O)[O-])c(Cl)c1. The molecule has 0 aliphatic carbocycles. The van der Waals surface area contributed by atoms with Crippen molar-refractivity contribution in [2.24, 2.45) is 5.73 Å². The molecule has 0 amide bonds. The van der Waals surface area contributed by atoms with Crippen molar-refractivity contribution in [1.82, 2.24) is 0 Å². The Morgan fingerprint density at radius 3 is 2.73 bits per heavy atom. The molecular formula is C9H10ClFN2O2. The molecule has 0 aliphatic rings. The minimum atomic E-state index is -1.23. The minimum Gasteiger partial charge on any atom is -0.330 e. The van der Waals surface area contributed by atoms with E-state index in [2.05, 4.69) is 0 Å². The number of alkyl halides is 1. The van der Waals surface area contributed by atoms with Gasteiger partial charge in [0.25, 0.3) is 5.69 Å². The zero-order valence-electron chi connectivity index (χ0n) is 7.82. The van der Waals surface area contributed by atoms with Gasteiger partial charge in [-0.1, -0.05) is 11.6 Å². The fourth-order valence-corrected chi connectivity index (χ4v) is 1.44. The fraction of sp³-hybridized carbons (Fsp3) is 0.333. The van der Waals surface area contributed by atoms with E-state index in [0.717, 1.165) is 0 Å². The Balaban J connectivity index is 2.96. The van der Waals surface area contributed by atoms with Crippen LogP contribution in [0.5, 0.6) is 0 Å². The van der Waals surface area contributed by atoms with Crippen molar-refractivity contribution in [1.29, 1.82) is 0 Å². The topological polar surface area (TPSA) is 69.2 Å². The summed E-state index contributed by atoms with van der Waals surface area (Å²) in [7, 11) is 0. The highest BCUT2D eigenvalue weighted by Gasteiger charge is 2.16. The molecule has 1 rings (SSSR count). The predicted molar refractivity (Wildman–Crippen MR) is 55.6 cm³/mol. The zero-order valence-corrected chi connectivity index (χ0v) is 8.58. The summed E-state index contributed by atoms with van der Waals surface area (Å²) >= 11 is 5.63. The van der Waals surface area contributed by atoms with Gasteiger partial charge in [0.2, 0.25) is 0 Å². The second-order valence-corrected chi connectivity index (χ2v) is 3.42. The van der Waals surface area contributed by atoms with Gasteiger partial charge in [-0.3, -0.25) is 10.1 Å². The highest BCUT2D eigenvalue weighted by molar-refractivity contribution is 6.32. The average Bonchev–Trinajstić information content (AvgIpc) is 2.17. The number of nitrogens with zero attached hydrogens (tertiary/aromatic N) is 1. The van der Waals surface area contributed by atoms with Crippen LogP contribution in [0.4, 0.5) is 10.1 Å². The molecule has 0 saturated carbocycles. The van der Waals surface area contributed by atoms with Gasteiger partial charge in [0, 0.05) is 6.07 Å². The summed E-state index contributed by atoms with van der Waals surface area (Å²) in [5, 5.41) is 10.4. The average molecular weight is 233 g/mol. The third-order valence-corrected chi connectivity index (χ3v) is 2.25. The van der Waals surface area contributed by atoms with Crippen LogP contribution >= 0.6 is 11.6 Å². The molecule has 0 aliphatic heterocycles. The van der Waals surface area contributed by atoms with Crippen molar-refractivity contribution in [2.45, 2.75) is 12.6 Å². The van der Waals surface area contributed by atoms with Gasteiger partial charge in [-0.25, -0.2) is 4.39 Å². The summed E-state index contributed by atoms with van der Waals surface area (Å²) in [5.41, 5.74) is 5.30. The summed E-state index contributed by atoms with van der Waals surface area (Å²) in [5.74, 6) is 0. The van der Waals surface area contributed by atoms with Crippen LogP contribution in [0.3, 0.4) is 0 Å². The van der Waals surface area contributed by atoms with E-state index in [-0.39, 0.29) is 23.7 Å². The molecule has 2 N–H and O–H groups in total. The first-order chi connectivity index (χ1) is 7.06. The maximum absolute atomic E-state index is 13.3. The Morgan fingerprint density at radius 1 is 1.60 bits per heavy atom. The fourth-order valence-electron chi connectivity index (χ4n) is 1.18. The lowest BCUT2D eigenvalue weighted by molar-refractivity contribution is -0.384. The van der Waals surface area contributed by atoms with Gasteiger partial charge < -0.3 is 5.73 Å². The molecule has 4 nitrogen and oxygen atoms in total. The van der Waals surface area contributed by atoms with Crippen LogP contribution in [0.2, 0.25) is 5.02 Å². The van der Waals surface area contributed by atoms with Crippen LogP contribution in [0.1, 0.15) is 18.2 Å². The first kappa shape index (κ1) is 11.9.